The van der Waals surface area contributed by atoms with Gasteiger partial charge in [-0.15, -0.1) is 0 Å². The van der Waals surface area contributed by atoms with Crippen LogP contribution in [0.1, 0.15) is 40.0 Å². The molecule has 1 amide bonds. The van der Waals surface area contributed by atoms with Crippen LogP contribution in [0.2, 0.25) is 0 Å². The van der Waals surface area contributed by atoms with Crippen LogP contribution in [0.25, 0.3) is 0 Å². The average molecular weight is 360 g/mol. The van der Waals surface area contributed by atoms with E-state index in [-0.39, 0.29) is 16.8 Å². The van der Waals surface area contributed by atoms with Crippen molar-refractivity contribution in [2.45, 2.75) is 31.7 Å². The van der Waals surface area contributed by atoms with Gasteiger partial charge in [0.05, 0.1) is 10.9 Å². The number of amides is 1. The molecule has 0 spiro atoms. The Kier molecular flexibility index (Phi) is 5.65. The maximum Gasteiger partial charge on any atom is 0.251 e. The lowest BCUT2D eigenvalue weighted by Crippen LogP contribution is -2.27. The normalized spacial score (nSPS) is 12.9. The van der Waals surface area contributed by atoms with E-state index in [4.69, 9.17) is 0 Å². The van der Waals surface area contributed by atoms with E-state index in [0.29, 0.717) is 5.56 Å². The third-order valence-electron chi connectivity index (χ3n) is 4.14. The predicted molar refractivity (Wildman–Crippen MR) is 99.1 cm³/mol. The second-order valence-corrected chi connectivity index (χ2v) is 8.52. The van der Waals surface area contributed by atoms with Gasteiger partial charge in [0.1, 0.15) is 0 Å². The van der Waals surface area contributed by atoms with Crippen LogP contribution in [-0.4, -0.2) is 32.7 Å². The van der Waals surface area contributed by atoms with Crippen LogP contribution in [-0.2, 0) is 10.0 Å². The summed E-state index contributed by atoms with van der Waals surface area (Å²) in [5, 5.41) is 2.96. The highest BCUT2D eigenvalue weighted by molar-refractivity contribution is 7.89. The zero-order valence-corrected chi connectivity index (χ0v) is 16.0. The molecule has 5 nitrogen and oxygen atoms in total. The highest BCUT2D eigenvalue weighted by atomic mass is 32.2. The van der Waals surface area contributed by atoms with Crippen molar-refractivity contribution in [1.82, 2.24) is 9.62 Å². The minimum atomic E-state index is -3.49. The molecule has 2 aromatic carbocycles. The maximum atomic E-state index is 12.4. The molecule has 0 heterocycles. The molecule has 0 saturated carbocycles. The van der Waals surface area contributed by atoms with Gasteiger partial charge in [-0.25, -0.2) is 12.7 Å². The first-order chi connectivity index (χ1) is 11.6. The molecule has 0 aliphatic carbocycles. The van der Waals surface area contributed by atoms with E-state index in [0.717, 1.165) is 21.0 Å². The Balaban J connectivity index is 2.17. The Hall–Kier alpha value is -2.18. The molecule has 0 fully saturated rings. The zero-order valence-electron chi connectivity index (χ0n) is 15.2. The van der Waals surface area contributed by atoms with Gasteiger partial charge in [0.15, 0.2) is 0 Å². The number of aryl methyl sites for hydroxylation is 2. The van der Waals surface area contributed by atoms with Gasteiger partial charge in [0.2, 0.25) is 10.0 Å². The number of nitrogens with one attached hydrogen (secondary N) is 1. The molecular formula is C19H24N2O3S. The molecule has 25 heavy (non-hydrogen) atoms. The molecule has 0 aliphatic heterocycles. The van der Waals surface area contributed by atoms with Gasteiger partial charge in [0, 0.05) is 19.7 Å². The molecule has 1 N–H and O–H groups in total. The number of hydrogen-bond acceptors (Lipinski definition) is 3. The Labute approximate surface area is 149 Å². The maximum absolute atomic E-state index is 12.4. The summed E-state index contributed by atoms with van der Waals surface area (Å²) >= 11 is 0. The molecule has 0 aromatic heterocycles. The largest absolute Gasteiger partial charge is 0.346 e. The van der Waals surface area contributed by atoms with Crippen LogP contribution in [0.5, 0.6) is 0 Å². The summed E-state index contributed by atoms with van der Waals surface area (Å²) in [7, 11) is -0.546. The molecule has 0 radical (unpaired) electrons. The van der Waals surface area contributed by atoms with E-state index in [1.54, 1.807) is 0 Å². The summed E-state index contributed by atoms with van der Waals surface area (Å²) in [6.45, 7) is 5.96. The molecule has 2 rings (SSSR count). The molecule has 134 valence electrons. The second-order valence-electron chi connectivity index (χ2n) is 6.37. The van der Waals surface area contributed by atoms with Crippen molar-refractivity contribution in [3.05, 3.63) is 64.7 Å². The Morgan fingerprint density at radius 1 is 1.04 bits per heavy atom. The third-order valence-corrected chi connectivity index (χ3v) is 5.97. The molecular weight excluding hydrogens is 336 g/mol. The van der Waals surface area contributed by atoms with Crippen molar-refractivity contribution < 1.29 is 13.2 Å². The van der Waals surface area contributed by atoms with Crippen molar-refractivity contribution in [2.75, 3.05) is 14.1 Å². The highest BCUT2D eigenvalue weighted by Gasteiger charge is 2.18. The molecule has 2 aromatic rings. The molecule has 0 saturated heterocycles. The fraction of sp³-hybridized carbons (Fsp3) is 0.316. The van der Waals surface area contributed by atoms with E-state index in [1.165, 1.54) is 38.4 Å². The lowest BCUT2D eigenvalue weighted by atomic mass is 10.00. The van der Waals surface area contributed by atoms with E-state index >= 15 is 0 Å². The summed E-state index contributed by atoms with van der Waals surface area (Å²) in [4.78, 5) is 12.6. The number of carbonyl (C=O) groups excluding carboxylic acids is 1. The van der Waals surface area contributed by atoms with Gasteiger partial charge in [0.25, 0.3) is 5.91 Å². The number of hydrogen-bond donors (Lipinski definition) is 1. The van der Waals surface area contributed by atoms with Crippen molar-refractivity contribution >= 4 is 15.9 Å². The lowest BCUT2D eigenvalue weighted by molar-refractivity contribution is 0.0939. The Bertz CT molecular complexity index is 872. The van der Waals surface area contributed by atoms with Crippen LogP contribution < -0.4 is 5.32 Å². The van der Waals surface area contributed by atoms with Crippen molar-refractivity contribution in [3.63, 3.8) is 0 Å². The number of benzene rings is 2. The van der Waals surface area contributed by atoms with Gasteiger partial charge < -0.3 is 5.32 Å². The summed E-state index contributed by atoms with van der Waals surface area (Å²) in [5.41, 5.74) is 3.75. The first kappa shape index (κ1) is 19.1. The summed E-state index contributed by atoms with van der Waals surface area (Å²) < 4.78 is 25.3. The van der Waals surface area contributed by atoms with Gasteiger partial charge in [-0.05, 0) is 56.2 Å². The second kappa shape index (κ2) is 7.37. The van der Waals surface area contributed by atoms with Crippen molar-refractivity contribution in [2.24, 2.45) is 0 Å². The van der Waals surface area contributed by atoms with E-state index in [2.05, 4.69) is 11.4 Å². The van der Waals surface area contributed by atoms with E-state index in [1.807, 2.05) is 32.9 Å². The summed E-state index contributed by atoms with van der Waals surface area (Å²) in [5.74, 6) is -0.234. The van der Waals surface area contributed by atoms with Crippen molar-refractivity contribution in [1.29, 1.82) is 0 Å². The quantitative estimate of drug-likeness (QED) is 0.891. The van der Waals surface area contributed by atoms with Gasteiger partial charge >= 0.3 is 0 Å². The zero-order chi connectivity index (χ0) is 18.8. The Morgan fingerprint density at radius 3 is 2.20 bits per heavy atom. The first-order valence-corrected chi connectivity index (χ1v) is 9.47. The van der Waals surface area contributed by atoms with Crippen LogP contribution in [0, 0.1) is 13.8 Å². The monoisotopic (exact) mass is 360 g/mol. The first-order valence-electron chi connectivity index (χ1n) is 8.03. The topological polar surface area (TPSA) is 66.5 Å². The van der Waals surface area contributed by atoms with Crippen LogP contribution in [0.3, 0.4) is 0 Å². The molecule has 0 aliphatic rings. The number of nitrogens with zero attached hydrogens (tertiary/aromatic N) is 1. The Morgan fingerprint density at radius 2 is 1.64 bits per heavy atom. The van der Waals surface area contributed by atoms with E-state index < -0.39 is 10.0 Å². The van der Waals surface area contributed by atoms with Gasteiger partial charge in [-0.1, -0.05) is 23.8 Å². The lowest BCUT2D eigenvalue weighted by Gasteiger charge is -2.17. The minimum absolute atomic E-state index is 0.141. The molecule has 6 heteroatoms. The van der Waals surface area contributed by atoms with Crippen LogP contribution in [0.15, 0.2) is 47.4 Å². The van der Waals surface area contributed by atoms with Crippen LogP contribution >= 0.6 is 0 Å². The molecule has 1 atom stereocenters. The number of sulfonamides is 1. The summed E-state index contributed by atoms with van der Waals surface area (Å²) in [6.07, 6.45) is 0. The third kappa shape index (κ3) is 4.27. The standard InChI is InChI=1S/C19H24N2O3S/c1-13-6-7-14(2)18(12-13)15(3)20-19(22)16-8-10-17(11-9-16)25(23,24)21(4)5/h6-12,15H,1-5H3,(H,20,22). The van der Waals surface area contributed by atoms with Crippen LogP contribution in [0.4, 0.5) is 0 Å². The predicted octanol–water partition coefficient (Wildman–Crippen LogP) is 3.04. The minimum Gasteiger partial charge on any atom is -0.346 e. The highest BCUT2D eigenvalue weighted by Crippen LogP contribution is 2.20. The SMILES string of the molecule is Cc1ccc(C)c(C(C)NC(=O)c2ccc(S(=O)(=O)N(C)C)cc2)c1. The summed E-state index contributed by atoms with van der Waals surface area (Å²) in [6, 6.07) is 12.0. The van der Waals surface area contributed by atoms with Crippen molar-refractivity contribution in [3.8, 4) is 0 Å². The number of rotatable bonds is 5. The molecule has 1 unspecified atom stereocenters. The average Bonchev–Trinajstić information content (AvgIpc) is 2.56. The van der Waals surface area contributed by atoms with Gasteiger partial charge in [-0.2, -0.15) is 0 Å². The van der Waals surface area contributed by atoms with E-state index in [9.17, 15) is 13.2 Å². The molecule has 0 bridgehead atoms. The fourth-order valence-electron chi connectivity index (χ4n) is 2.57. The smallest absolute Gasteiger partial charge is 0.251 e. The van der Waals surface area contributed by atoms with Gasteiger partial charge in [-0.3, -0.25) is 4.79 Å². The fourth-order valence-corrected chi connectivity index (χ4v) is 3.47. The number of carbonyl (C=O) groups is 1.